The Morgan fingerprint density at radius 1 is 1.32 bits per heavy atom. The molecule has 2 fully saturated rings. The average molecular weight is 268 g/mol. The van der Waals surface area contributed by atoms with Gasteiger partial charge in [0.2, 0.25) is 0 Å². The van der Waals surface area contributed by atoms with E-state index in [0.29, 0.717) is 12.1 Å². The summed E-state index contributed by atoms with van der Waals surface area (Å²) in [7, 11) is 6.15. The molecule has 110 valence electrons. The second-order valence-corrected chi connectivity index (χ2v) is 5.84. The molecule has 0 aromatic carbocycles. The fourth-order valence-corrected chi connectivity index (χ4v) is 2.69. The number of nitrogens with zero attached hydrogens (tertiary/aromatic N) is 2. The average Bonchev–Trinajstić information content (AvgIpc) is 3.08. The fraction of sp³-hybridized carbons (Fsp3) is 0.929. The van der Waals surface area contributed by atoms with Crippen LogP contribution in [0.2, 0.25) is 0 Å². The van der Waals surface area contributed by atoms with E-state index in [-0.39, 0.29) is 0 Å². The molecule has 0 amide bonds. The Bertz CT molecular complexity index is 294. The molecule has 5 nitrogen and oxygen atoms in total. The van der Waals surface area contributed by atoms with Crippen LogP contribution in [0.5, 0.6) is 0 Å². The molecule has 5 heteroatoms. The van der Waals surface area contributed by atoms with E-state index in [1.54, 1.807) is 0 Å². The van der Waals surface area contributed by atoms with Gasteiger partial charge in [0.15, 0.2) is 5.96 Å². The van der Waals surface area contributed by atoms with E-state index in [1.165, 1.54) is 19.3 Å². The highest BCUT2D eigenvalue weighted by Gasteiger charge is 2.32. The summed E-state index contributed by atoms with van der Waals surface area (Å²) in [6, 6.07) is 0.612. The Balaban J connectivity index is 1.69. The van der Waals surface area contributed by atoms with Crippen LogP contribution in [0.4, 0.5) is 0 Å². The van der Waals surface area contributed by atoms with Crippen molar-refractivity contribution in [2.75, 3.05) is 40.8 Å². The van der Waals surface area contributed by atoms with Gasteiger partial charge in [-0.2, -0.15) is 0 Å². The summed E-state index contributed by atoms with van der Waals surface area (Å²) in [4.78, 5) is 6.60. The SMILES string of the molecule is CN=C(NCC1CCCO1)NCC(C1CC1)N(C)C. The maximum absolute atomic E-state index is 5.61. The van der Waals surface area contributed by atoms with E-state index >= 15 is 0 Å². The lowest BCUT2D eigenvalue weighted by atomic mass is 10.1. The van der Waals surface area contributed by atoms with Crippen molar-refractivity contribution in [3.63, 3.8) is 0 Å². The standard InChI is InChI=1S/C14H28N4O/c1-15-14(16-9-12-5-4-8-19-12)17-10-13(18(2)3)11-6-7-11/h11-13H,4-10H2,1-3H3,(H2,15,16,17). The molecule has 0 radical (unpaired) electrons. The van der Waals surface area contributed by atoms with Gasteiger partial charge in [0.25, 0.3) is 0 Å². The molecule has 1 aliphatic heterocycles. The Labute approximate surface area is 116 Å². The molecule has 19 heavy (non-hydrogen) atoms. The highest BCUT2D eigenvalue weighted by atomic mass is 16.5. The van der Waals surface area contributed by atoms with E-state index in [0.717, 1.165) is 38.0 Å². The summed E-state index contributed by atoms with van der Waals surface area (Å²) in [5.74, 6) is 1.75. The van der Waals surface area contributed by atoms with Gasteiger partial charge in [0.1, 0.15) is 0 Å². The Kier molecular flexibility index (Phi) is 5.45. The molecule has 1 saturated carbocycles. The van der Waals surface area contributed by atoms with Crippen molar-refractivity contribution in [1.82, 2.24) is 15.5 Å². The summed E-state index contributed by atoms with van der Waals surface area (Å²) in [5, 5.41) is 6.80. The van der Waals surface area contributed by atoms with E-state index in [1.807, 2.05) is 7.05 Å². The molecule has 1 heterocycles. The van der Waals surface area contributed by atoms with Gasteiger partial charge >= 0.3 is 0 Å². The van der Waals surface area contributed by atoms with Crippen LogP contribution in [0.15, 0.2) is 4.99 Å². The number of guanidine groups is 1. The molecule has 2 rings (SSSR count). The predicted octanol–water partition coefficient (Wildman–Crippen LogP) is 0.671. The van der Waals surface area contributed by atoms with Crippen molar-refractivity contribution in [3.8, 4) is 0 Å². The summed E-state index contributed by atoms with van der Waals surface area (Å²) < 4.78 is 5.61. The molecule has 1 aliphatic carbocycles. The highest BCUT2D eigenvalue weighted by molar-refractivity contribution is 5.79. The number of aliphatic imine (C=N–C) groups is 1. The minimum Gasteiger partial charge on any atom is -0.376 e. The first-order chi connectivity index (χ1) is 9.20. The first-order valence-corrected chi connectivity index (χ1v) is 7.43. The van der Waals surface area contributed by atoms with E-state index < -0.39 is 0 Å². The Hall–Kier alpha value is -0.810. The van der Waals surface area contributed by atoms with Gasteiger partial charge in [-0.15, -0.1) is 0 Å². The third-order valence-corrected chi connectivity index (χ3v) is 4.05. The van der Waals surface area contributed by atoms with E-state index in [2.05, 4.69) is 34.6 Å². The maximum atomic E-state index is 5.61. The van der Waals surface area contributed by atoms with Crippen molar-refractivity contribution >= 4 is 5.96 Å². The number of hydrogen-bond donors (Lipinski definition) is 2. The zero-order chi connectivity index (χ0) is 13.7. The van der Waals surface area contributed by atoms with Gasteiger partial charge in [-0.05, 0) is 45.7 Å². The zero-order valence-electron chi connectivity index (χ0n) is 12.5. The van der Waals surface area contributed by atoms with Crippen molar-refractivity contribution < 1.29 is 4.74 Å². The van der Waals surface area contributed by atoms with Gasteiger partial charge in [-0.1, -0.05) is 0 Å². The van der Waals surface area contributed by atoms with Crippen LogP contribution in [0.3, 0.4) is 0 Å². The van der Waals surface area contributed by atoms with Crippen LogP contribution in [-0.2, 0) is 4.74 Å². The van der Waals surface area contributed by atoms with Gasteiger partial charge in [0, 0.05) is 32.8 Å². The van der Waals surface area contributed by atoms with Crippen molar-refractivity contribution in [1.29, 1.82) is 0 Å². The summed E-state index contributed by atoms with van der Waals surface area (Å²) in [6.45, 7) is 2.72. The van der Waals surface area contributed by atoms with Crippen molar-refractivity contribution in [2.45, 2.75) is 37.8 Å². The minimum atomic E-state index is 0.353. The Morgan fingerprint density at radius 2 is 2.11 bits per heavy atom. The van der Waals surface area contributed by atoms with Crippen molar-refractivity contribution in [2.24, 2.45) is 10.9 Å². The zero-order valence-corrected chi connectivity index (χ0v) is 12.5. The molecule has 2 unspecified atom stereocenters. The van der Waals surface area contributed by atoms with Gasteiger partial charge in [-0.3, -0.25) is 4.99 Å². The molecule has 0 aromatic heterocycles. The van der Waals surface area contributed by atoms with Crippen molar-refractivity contribution in [3.05, 3.63) is 0 Å². The lowest BCUT2D eigenvalue weighted by Crippen LogP contribution is -2.47. The van der Waals surface area contributed by atoms with Crippen LogP contribution in [0, 0.1) is 5.92 Å². The minimum absolute atomic E-state index is 0.353. The first-order valence-electron chi connectivity index (χ1n) is 7.43. The number of ether oxygens (including phenoxy) is 1. The van der Waals surface area contributed by atoms with Crippen LogP contribution in [0.1, 0.15) is 25.7 Å². The smallest absolute Gasteiger partial charge is 0.191 e. The number of rotatable bonds is 6. The second kappa shape index (κ2) is 7.10. The lowest BCUT2D eigenvalue weighted by molar-refractivity contribution is 0.113. The molecular formula is C14H28N4O. The first kappa shape index (κ1) is 14.6. The molecule has 0 bridgehead atoms. The van der Waals surface area contributed by atoms with E-state index in [9.17, 15) is 0 Å². The van der Waals surface area contributed by atoms with Crippen LogP contribution in [0.25, 0.3) is 0 Å². The number of hydrogen-bond acceptors (Lipinski definition) is 3. The number of likely N-dealkylation sites (N-methyl/N-ethyl adjacent to an activating group) is 1. The molecule has 0 spiro atoms. The third kappa shape index (κ3) is 4.66. The predicted molar refractivity (Wildman–Crippen MR) is 78.5 cm³/mol. The van der Waals surface area contributed by atoms with Gasteiger partial charge < -0.3 is 20.3 Å². The molecular weight excluding hydrogens is 240 g/mol. The third-order valence-electron chi connectivity index (χ3n) is 4.05. The summed E-state index contributed by atoms with van der Waals surface area (Å²) in [5.41, 5.74) is 0. The summed E-state index contributed by atoms with van der Waals surface area (Å²) in [6.07, 6.45) is 5.43. The lowest BCUT2D eigenvalue weighted by Gasteiger charge is -2.25. The largest absolute Gasteiger partial charge is 0.376 e. The second-order valence-electron chi connectivity index (χ2n) is 5.84. The molecule has 2 atom stereocenters. The molecule has 1 saturated heterocycles. The van der Waals surface area contributed by atoms with Crippen LogP contribution < -0.4 is 10.6 Å². The fourth-order valence-electron chi connectivity index (χ4n) is 2.69. The van der Waals surface area contributed by atoms with Gasteiger partial charge in [0.05, 0.1) is 6.10 Å². The molecule has 2 N–H and O–H groups in total. The maximum Gasteiger partial charge on any atom is 0.191 e. The molecule has 2 aliphatic rings. The molecule has 0 aromatic rings. The topological polar surface area (TPSA) is 48.9 Å². The quantitative estimate of drug-likeness (QED) is 0.549. The monoisotopic (exact) mass is 268 g/mol. The van der Waals surface area contributed by atoms with Gasteiger partial charge in [-0.25, -0.2) is 0 Å². The van der Waals surface area contributed by atoms with Crippen LogP contribution >= 0.6 is 0 Å². The van der Waals surface area contributed by atoms with Crippen LogP contribution in [-0.4, -0.2) is 63.8 Å². The van der Waals surface area contributed by atoms with E-state index in [4.69, 9.17) is 4.74 Å². The normalized spacial score (nSPS) is 25.7. The summed E-state index contributed by atoms with van der Waals surface area (Å²) >= 11 is 0. The number of nitrogens with one attached hydrogen (secondary N) is 2. The highest BCUT2D eigenvalue weighted by Crippen LogP contribution is 2.34. The Morgan fingerprint density at radius 3 is 2.63 bits per heavy atom.